The Balaban J connectivity index is 1.06. The van der Waals surface area contributed by atoms with Crippen LogP contribution in [0.4, 0.5) is 0 Å². The summed E-state index contributed by atoms with van der Waals surface area (Å²) in [6.45, 7) is 0. The molecule has 0 radical (unpaired) electrons. The van der Waals surface area contributed by atoms with Crippen LogP contribution in [-0.4, -0.2) is 4.57 Å². The van der Waals surface area contributed by atoms with E-state index >= 15 is 0 Å². The monoisotopic (exact) mass is 561 g/mol. The smallest absolute Gasteiger partial charge is 0.135 e. The van der Waals surface area contributed by atoms with Crippen LogP contribution in [0.1, 0.15) is 0 Å². The van der Waals surface area contributed by atoms with E-state index in [0.717, 1.165) is 21.9 Å². The van der Waals surface area contributed by atoms with Crippen LogP contribution in [0.15, 0.2) is 168 Å². The third kappa shape index (κ3) is 3.89. The highest BCUT2D eigenvalue weighted by molar-refractivity contribution is 6.10. The Morgan fingerprint density at radius 1 is 0.341 bits per heavy atom. The van der Waals surface area contributed by atoms with Crippen molar-refractivity contribution >= 4 is 43.7 Å². The highest BCUT2D eigenvalue weighted by Gasteiger charge is 2.15. The molecule has 206 valence electrons. The Labute approximate surface area is 255 Å². The fraction of sp³-hybridized carbons (Fsp3) is 0. The average Bonchev–Trinajstić information content (AvgIpc) is 3.64. The van der Waals surface area contributed by atoms with Crippen LogP contribution in [0, 0.1) is 0 Å². The van der Waals surface area contributed by atoms with Crippen molar-refractivity contribution in [2.24, 2.45) is 0 Å². The van der Waals surface area contributed by atoms with Gasteiger partial charge in [0.25, 0.3) is 0 Å². The number of hydrogen-bond donors (Lipinski definition) is 0. The van der Waals surface area contributed by atoms with Gasteiger partial charge in [-0.1, -0.05) is 127 Å². The zero-order valence-electron chi connectivity index (χ0n) is 23.9. The first-order valence-corrected chi connectivity index (χ1v) is 15.0. The highest BCUT2D eigenvalue weighted by Crippen LogP contribution is 2.37. The topological polar surface area (TPSA) is 18.1 Å². The third-order valence-electron chi connectivity index (χ3n) is 8.85. The predicted molar refractivity (Wildman–Crippen MR) is 184 cm³/mol. The van der Waals surface area contributed by atoms with Crippen LogP contribution in [0.25, 0.3) is 82.8 Å². The van der Waals surface area contributed by atoms with Crippen molar-refractivity contribution in [1.29, 1.82) is 0 Å². The van der Waals surface area contributed by atoms with Gasteiger partial charge in [-0.15, -0.1) is 0 Å². The lowest BCUT2D eigenvalue weighted by molar-refractivity contribution is 0.669. The van der Waals surface area contributed by atoms with E-state index in [1.807, 2.05) is 12.1 Å². The van der Waals surface area contributed by atoms with Crippen molar-refractivity contribution in [2.75, 3.05) is 0 Å². The van der Waals surface area contributed by atoms with E-state index in [4.69, 9.17) is 4.42 Å². The molecule has 2 heteroatoms. The number of fused-ring (bicyclic) bond motifs is 6. The number of para-hydroxylation sites is 4. The molecule has 0 aliphatic rings. The Hall–Kier alpha value is -5.86. The van der Waals surface area contributed by atoms with E-state index in [0.29, 0.717) is 0 Å². The second-order valence-electron chi connectivity index (χ2n) is 11.4. The number of furan rings is 1. The molecule has 2 nitrogen and oxygen atoms in total. The van der Waals surface area contributed by atoms with E-state index < -0.39 is 0 Å². The highest BCUT2D eigenvalue weighted by atomic mass is 16.3. The molecule has 0 saturated heterocycles. The summed E-state index contributed by atoms with van der Waals surface area (Å²) in [5, 5.41) is 4.85. The first-order chi connectivity index (χ1) is 21.8. The van der Waals surface area contributed by atoms with Crippen LogP contribution in [0.5, 0.6) is 0 Å². The van der Waals surface area contributed by atoms with Crippen LogP contribution in [-0.2, 0) is 0 Å². The van der Waals surface area contributed by atoms with Crippen molar-refractivity contribution in [3.63, 3.8) is 0 Å². The zero-order chi connectivity index (χ0) is 29.0. The fourth-order valence-electron chi connectivity index (χ4n) is 6.70. The average molecular weight is 562 g/mol. The lowest BCUT2D eigenvalue weighted by Gasteiger charge is -2.14. The maximum atomic E-state index is 6.03. The molecule has 0 unspecified atom stereocenters. The van der Waals surface area contributed by atoms with Crippen LogP contribution in [0.3, 0.4) is 0 Å². The maximum Gasteiger partial charge on any atom is 0.135 e. The van der Waals surface area contributed by atoms with E-state index in [9.17, 15) is 0 Å². The van der Waals surface area contributed by atoms with Crippen LogP contribution < -0.4 is 0 Å². The van der Waals surface area contributed by atoms with Crippen molar-refractivity contribution < 1.29 is 4.42 Å². The van der Waals surface area contributed by atoms with Gasteiger partial charge >= 0.3 is 0 Å². The molecule has 0 atom stereocenters. The minimum atomic E-state index is 0.923. The molecule has 0 amide bonds. The summed E-state index contributed by atoms with van der Waals surface area (Å²) in [6.07, 6.45) is 0. The summed E-state index contributed by atoms with van der Waals surface area (Å²) in [5.74, 6) is 0. The van der Waals surface area contributed by atoms with Gasteiger partial charge in [0.15, 0.2) is 0 Å². The van der Waals surface area contributed by atoms with E-state index in [1.165, 1.54) is 60.9 Å². The van der Waals surface area contributed by atoms with E-state index in [1.54, 1.807) is 0 Å². The SMILES string of the molecule is c1ccc(-n2c3ccccc3c3ccccc32)c(-c2ccc(-c3ccc(-c4ccc5oc6ccccc6c5c4)cc3)cc2)c1. The van der Waals surface area contributed by atoms with Gasteiger partial charge in [-0.3, -0.25) is 0 Å². The Kier molecular flexibility index (Phi) is 5.54. The molecule has 0 aliphatic carbocycles. The van der Waals surface area contributed by atoms with Crippen LogP contribution >= 0.6 is 0 Å². The van der Waals surface area contributed by atoms with E-state index in [-0.39, 0.29) is 0 Å². The summed E-state index contributed by atoms with van der Waals surface area (Å²) < 4.78 is 8.43. The van der Waals surface area contributed by atoms with Crippen molar-refractivity contribution in [3.8, 4) is 39.1 Å². The van der Waals surface area contributed by atoms with Gasteiger partial charge < -0.3 is 8.98 Å². The van der Waals surface area contributed by atoms with Crippen molar-refractivity contribution in [1.82, 2.24) is 4.57 Å². The van der Waals surface area contributed by atoms with Crippen molar-refractivity contribution in [3.05, 3.63) is 164 Å². The number of benzene rings is 7. The molecular formula is C42H27NO. The Bertz CT molecular complexity index is 2420. The molecule has 2 aromatic heterocycles. The molecule has 7 aromatic carbocycles. The summed E-state index contributed by atoms with van der Waals surface area (Å²) in [7, 11) is 0. The minimum Gasteiger partial charge on any atom is -0.456 e. The summed E-state index contributed by atoms with van der Waals surface area (Å²) in [6, 6.07) is 58.6. The number of rotatable bonds is 4. The molecule has 9 aromatic rings. The number of nitrogens with zero attached hydrogens (tertiary/aromatic N) is 1. The first kappa shape index (κ1) is 24.7. The van der Waals surface area contributed by atoms with Gasteiger partial charge in [-0.25, -0.2) is 0 Å². The summed E-state index contributed by atoms with van der Waals surface area (Å²) in [4.78, 5) is 0. The predicted octanol–water partition coefficient (Wildman–Crippen LogP) is 11.7. The molecule has 0 aliphatic heterocycles. The molecular weight excluding hydrogens is 534 g/mol. The zero-order valence-corrected chi connectivity index (χ0v) is 23.9. The largest absolute Gasteiger partial charge is 0.456 e. The first-order valence-electron chi connectivity index (χ1n) is 15.0. The second-order valence-corrected chi connectivity index (χ2v) is 11.4. The van der Waals surface area contributed by atoms with Crippen LogP contribution in [0.2, 0.25) is 0 Å². The molecule has 0 spiro atoms. The number of hydrogen-bond acceptors (Lipinski definition) is 1. The summed E-state index contributed by atoms with van der Waals surface area (Å²) in [5.41, 5.74) is 12.7. The quantitative estimate of drug-likeness (QED) is 0.209. The summed E-state index contributed by atoms with van der Waals surface area (Å²) >= 11 is 0. The molecule has 2 heterocycles. The third-order valence-corrected chi connectivity index (χ3v) is 8.85. The Morgan fingerprint density at radius 3 is 1.50 bits per heavy atom. The van der Waals surface area contributed by atoms with E-state index in [2.05, 4.69) is 156 Å². The number of aromatic nitrogens is 1. The standard InChI is InChI=1S/C42H27NO/c1-5-13-38(43-39-14-6-2-10-34(39)35-11-3-7-15-40(35)43)33(9-1)31-23-21-29(22-24-31)28-17-19-30(20-18-28)32-25-26-42-37(27-32)36-12-4-8-16-41(36)44-42/h1-27H. The van der Waals surface area contributed by atoms with Gasteiger partial charge in [0.2, 0.25) is 0 Å². The molecule has 0 bridgehead atoms. The minimum absolute atomic E-state index is 0.923. The van der Waals surface area contributed by atoms with Gasteiger partial charge in [-0.05, 0) is 64.2 Å². The van der Waals surface area contributed by atoms with Gasteiger partial charge in [0.05, 0.1) is 16.7 Å². The van der Waals surface area contributed by atoms with Gasteiger partial charge in [-0.2, -0.15) is 0 Å². The maximum absolute atomic E-state index is 6.03. The Morgan fingerprint density at radius 2 is 0.818 bits per heavy atom. The molecule has 0 fully saturated rings. The molecule has 0 N–H and O–H groups in total. The van der Waals surface area contributed by atoms with Crippen molar-refractivity contribution in [2.45, 2.75) is 0 Å². The lowest BCUT2D eigenvalue weighted by atomic mass is 9.97. The lowest BCUT2D eigenvalue weighted by Crippen LogP contribution is -1.96. The fourth-order valence-corrected chi connectivity index (χ4v) is 6.70. The molecule has 9 rings (SSSR count). The normalized spacial score (nSPS) is 11.6. The molecule has 0 saturated carbocycles. The van der Waals surface area contributed by atoms with Gasteiger partial charge in [0, 0.05) is 27.1 Å². The van der Waals surface area contributed by atoms with Gasteiger partial charge in [0.1, 0.15) is 11.2 Å². The molecule has 44 heavy (non-hydrogen) atoms. The second kappa shape index (κ2) is 9.86.